The third kappa shape index (κ3) is 6.62. The first kappa shape index (κ1) is 21.4. The zero-order valence-electron chi connectivity index (χ0n) is 14.8. The average Bonchev–Trinajstić information content (AvgIpc) is 2.59. The first-order valence-electron chi connectivity index (χ1n) is 7.86. The molecule has 0 saturated heterocycles. The molecule has 0 aliphatic heterocycles. The summed E-state index contributed by atoms with van der Waals surface area (Å²) in [5.41, 5.74) is 3.36. The molecule has 0 aliphatic carbocycles. The number of guanidine groups is 1. The Balaban J connectivity index is 0.00000312. The summed E-state index contributed by atoms with van der Waals surface area (Å²) in [6.45, 7) is 1.90. The number of aliphatic imine (C=N–C) groups is 1. The van der Waals surface area contributed by atoms with Crippen LogP contribution in [0.2, 0.25) is 0 Å². The first-order chi connectivity index (χ1) is 11.6. The molecule has 6 heteroatoms. The van der Waals surface area contributed by atoms with Gasteiger partial charge in [-0.25, -0.2) is 4.39 Å². The van der Waals surface area contributed by atoms with Crippen LogP contribution in [0.25, 0.3) is 0 Å². The van der Waals surface area contributed by atoms with Gasteiger partial charge in [-0.3, -0.25) is 4.99 Å². The SMILES string of the molecule is CN=C(NCc1ccccc1COC)N(C)Cc1ccc(F)cc1.I. The van der Waals surface area contributed by atoms with Crippen molar-refractivity contribution in [2.45, 2.75) is 19.7 Å². The summed E-state index contributed by atoms with van der Waals surface area (Å²) >= 11 is 0. The van der Waals surface area contributed by atoms with Crippen LogP contribution in [0.15, 0.2) is 53.5 Å². The highest BCUT2D eigenvalue weighted by Gasteiger charge is 2.08. The van der Waals surface area contributed by atoms with Crippen molar-refractivity contribution in [3.05, 3.63) is 71.0 Å². The number of nitrogens with zero attached hydrogens (tertiary/aromatic N) is 2. The molecule has 4 nitrogen and oxygen atoms in total. The van der Waals surface area contributed by atoms with Gasteiger partial charge in [-0.05, 0) is 28.8 Å². The smallest absolute Gasteiger partial charge is 0.193 e. The third-order valence-corrected chi connectivity index (χ3v) is 3.76. The number of ether oxygens (including phenoxy) is 1. The molecule has 0 unspecified atom stereocenters. The highest BCUT2D eigenvalue weighted by Crippen LogP contribution is 2.10. The summed E-state index contributed by atoms with van der Waals surface area (Å²) in [5, 5.41) is 3.36. The normalized spacial score (nSPS) is 11.0. The fourth-order valence-electron chi connectivity index (χ4n) is 2.52. The van der Waals surface area contributed by atoms with Gasteiger partial charge in [0.05, 0.1) is 6.61 Å². The van der Waals surface area contributed by atoms with E-state index in [4.69, 9.17) is 4.74 Å². The summed E-state index contributed by atoms with van der Waals surface area (Å²) in [6.07, 6.45) is 0. The quantitative estimate of drug-likeness (QED) is 0.408. The molecule has 2 aromatic carbocycles. The maximum atomic E-state index is 13.0. The molecule has 0 heterocycles. The van der Waals surface area contributed by atoms with Gasteiger partial charge < -0.3 is 15.0 Å². The summed E-state index contributed by atoms with van der Waals surface area (Å²) in [4.78, 5) is 6.32. The van der Waals surface area contributed by atoms with E-state index in [0.29, 0.717) is 19.7 Å². The van der Waals surface area contributed by atoms with Crippen molar-refractivity contribution in [3.63, 3.8) is 0 Å². The van der Waals surface area contributed by atoms with Crippen LogP contribution in [0.3, 0.4) is 0 Å². The van der Waals surface area contributed by atoms with Crippen LogP contribution in [0.4, 0.5) is 4.39 Å². The Morgan fingerprint density at radius 1 is 1.12 bits per heavy atom. The largest absolute Gasteiger partial charge is 0.380 e. The van der Waals surface area contributed by atoms with Crippen molar-refractivity contribution < 1.29 is 9.13 Å². The minimum atomic E-state index is -0.223. The molecule has 0 bridgehead atoms. The standard InChI is InChI=1S/C19H24FN3O.HI/c1-21-19(23(2)13-15-8-10-18(20)11-9-15)22-12-16-6-4-5-7-17(16)14-24-3;/h4-11H,12-14H2,1-3H3,(H,21,22);1H. The zero-order valence-corrected chi connectivity index (χ0v) is 17.2. The van der Waals surface area contributed by atoms with E-state index in [1.54, 1.807) is 26.3 Å². The fourth-order valence-corrected chi connectivity index (χ4v) is 2.52. The summed E-state index contributed by atoms with van der Waals surface area (Å²) in [7, 11) is 5.41. The molecule has 2 rings (SSSR count). The first-order valence-corrected chi connectivity index (χ1v) is 7.86. The molecule has 1 N–H and O–H groups in total. The molecule has 2 aromatic rings. The molecular formula is C19H25FIN3O. The number of hydrogen-bond acceptors (Lipinski definition) is 2. The zero-order chi connectivity index (χ0) is 17.4. The van der Waals surface area contributed by atoms with Crippen LogP contribution in [-0.4, -0.2) is 32.1 Å². The Bertz CT molecular complexity index is 677. The second-order valence-corrected chi connectivity index (χ2v) is 5.59. The lowest BCUT2D eigenvalue weighted by atomic mass is 10.1. The molecule has 0 fully saturated rings. The predicted molar refractivity (Wildman–Crippen MR) is 111 cm³/mol. The summed E-state index contributed by atoms with van der Waals surface area (Å²) < 4.78 is 18.2. The molecule has 0 atom stereocenters. The topological polar surface area (TPSA) is 36.9 Å². The lowest BCUT2D eigenvalue weighted by Gasteiger charge is -2.22. The van der Waals surface area contributed by atoms with E-state index >= 15 is 0 Å². The predicted octanol–water partition coefficient (Wildman–Crippen LogP) is 3.80. The summed E-state index contributed by atoms with van der Waals surface area (Å²) in [6, 6.07) is 14.7. The van der Waals surface area contributed by atoms with E-state index in [9.17, 15) is 4.39 Å². The molecular weight excluding hydrogens is 432 g/mol. The van der Waals surface area contributed by atoms with E-state index in [0.717, 1.165) is 17.1 Å². The van der Waals surface area contributed by atoms with E-state index in [2.05, 4.69) is 22.4 Å². The second-order valence-electron chi connectivity index (χ2n) is 5.59. The Morgan fingerprint density at radius 3 is 2.36 bits per heavy atom. The Morgan fingerprint density at radius 2 is 1.76 bits per heavy atom. The molecule has 136 valence electrons. The molecule has 0 radical (unpaired) electrons. The van der Waals surface area contributed by atoms with E-state index in [1.165, 1.54) is 17.7 Å². The van der Waals surface area contributed by atoms with Gasteiger partial charge in [0.2, 0.25) is 0 Å². The maximum absolute atomic E-state index is 13.0. The van der Waals surface area contributed by atoms with Crippen LogP contribution in [0, 0.1) is 5.82 Å². The second kappa shape index (κ2) is 11.0. The van der Waals surface area contributed by atoms with Crippen molar-refractivity contribution >= 4 is 29.9 Å². The third-order valence-electron chi connectivity index (χ3n) is 3.76. The molecule has 0 spiro atoms. The monoisotopic (exact) mass is 457 g/mol. The van der Waals surface area contributed by atoms with E-state index in [1.807, 2.05) is 24.1 Å². The number of benzene rings is 2. The number of nitrogens with one attached hydrogen (secondary N) is 1. The van der Waals surface area contributed by atoms with Crippen LogP contribution < -0.4 is 5.32 Å². The summed E-state index contributed by atoms with van der Waals surface area (Å²) in [5.74, 6) is 0.560. The Kier molecular flexibility index (Phi) is 9.44. The molecule has 0 saturated carbocycles. The van der Waals surface area contributed by atoms with Gasteiger partial charge in [0.25, 0.3) is 0 Å². The van der Waals surface area contributed by atoms with Crippen molar-refractivity contribution in [2.75, 3.05) is 21.2 Å². The van der Waals surface area contributed by atoms with Gasteiger partial charge in [-0.15, -0.1) is 24.0 Å². The van der Waals surface area contributed by atoms with E-state index in [-0.39, 0.29) is 29.8 Å². The van der Waals surface area contributed by atoms with Gasteiger partial charge in [0.1, 0.15) is 5.82 Å². The van der Waals surface area contributed by atoms with Gasteiger partial charge in [0, 0.05) is 34.3 Å². The number of halogens is 2. The van der Waals surface area contributed by atoms with Crippen LogP contribution >= 0.6 is 24.0 Å². The number of methoxy groups -OCH3 is 1. The molecule has 25 heavy (non-hydrogen) atoms. The van der Waals surface area contributed by atoms with Crippen LogP contribution in [-0.2, 0) is 24.4 Å². The van der Waals surface area contributed by atoms with Crippen LogP contribution in [0.1, 0.15) is 16.7 Å². The van der Waals surface area contributed by atoms with Crippen molar-refractivity contribution in [3.8, 4) is 0 Å². The van der Waals surface area contributed by atoms with Gasteiger partial charge in [-0.1, -0.05) is 36.4 Å². The highest BCUT2D eigenvalue weighted by atomic mass is 127. The van der Waals surface area contributed by atoms with E-state index < -0.39 is 0 Å². The van der Waals surface area contributed by atoms with Gasteiger partial charge in [-0.2, -0.15) is 0 Å². The minimum absolute atomic E-state index is 0. The fraction of sp³-hybridized carbons (Fsp3) is 0.316. The maximum Gasteiger partial charge on any atom is 0.193 e. The van der Waals surface area contributed by atoms with Gasteiger partial charge >= 0.3 is 0 Å². The molecule has 0 aromatic heterocycles. The number of hydrogen-bond donors (Lipinski definition) is 1. The lowest BCUT2D eigenvalue weighted by Crippen LogP contribution is -2.38. The van der Waals surface area contributed by atoms with Crippen molar-refractivity contribution in [1.29, 1.82) is 0 Å². The van der Waals surface area contributed by atoms with Crippen molar-refractivity contribution in [1.82, 2.24) is 10.2 Å². The molecule has 0 amide bonds. The lowest BCUT2D eigenvalue weighted by molar-refractivity contribution is 0.184. The number of rotatable bonds is 6. The molecule has 0 aliphatic rings. The van der Waals surface area contributed by atoms with Crippen molar-refractivity contribution in [2.24, 2.45) is 4.99 Å². The average molecular weight is 457 g/mol. The highest BCUT2D eigenvalue weighted by molar-refractivity contribution is 14.0. The Labute approximate surface area is 166 Å². The van der Waals surface area contributed by atoms with Gasteiger partial charge in [0.15, 0.2) is 5.96 Å². The Hall–Kier alpha value is -1.67. The minimum Gasteiger partial charge on any atom is -0.380 e. The van der Waals surface area contributed by atoms with Crippen LogP contribution in [0.5, 0.6) is 0 Å².